The number of ether oxygens (including phenoxy) is 1. The Balaban J connectivity index is 0.00000338. The third kappa shape index (κ3) is 7.85. The number of aliphatic imine (C=N–C) groups is 1. The van der Waals surface area contributed by atoms with E-state index in [0.29, 0.717) is 25.5 Å². The highest BCUT2D eigenvalue weighted by Gasteiger charge is 2.35. The molecule has 152 valence electrons. The van der Waals surface area contributed by atoms with Crippen LogP contribution in [-0.2, 0) is 14.6 Å². The van der Waals surface area contributed by atoms with E-state index in [0.717, 1.165) is 12.8 Å². The van der Waals surface area contributed by atoms with Crippen LogP contribution in [0, 0.1) is 0 Å². The van der Waals surface area contributed by atoms with Crippen molar-refractivity contribution in [2.45, 2.75) is 57.7 Å². The van der Waals surface area contributed by atoms with Crippen LogP contribution >= 0.6 is 24.0 Å². The third-order valence-electron chi connectivity index (χ3n) is 4.06. The first kappa shape index (κ1) is 23.3. The predicted molar refractivity (Wildman–Crippen MR) is 113 cm³/mol. The molecule has 1 atom stereocenters. The molecule has 1 aliphatic carbocycles. The van der Waals surface area contributed by atoms with E-state index in [1.165, 1.54) is 0 Å². The zero-order chi connectivity index (χ0) is 18.7. The lowest BCUT2D eigenvalue weighted by Crippen LogP contribution is -2.47. The Morgan fingerprint density at radius 2 is 1.92 bits per heavy atom. The van der Waals surface area contributed by atoms with Gasteiger partial charge in [0.2, 0.25) is 0 Å². The Bertz CT molecular complexity index is 614. The second-order valence-electron chi connectivity index (χ2n) is 7.65. The summed E-state index contributed by atoms with van der Waals surface area (Å²) in [6, 6.07) is 0.146. The van der Waals surface area contributed by atoms with Crippen molar-refractivity contribution in [3.63, 3.8) is 0 Å². The van der Waals surface area contributed by atoms with Crippen LogP contribution in [0.15, 0.2) is 4.99 Å². The quantitative estimate of drug-likeness (QED) is 0.335. The normalized spacial score (nSPS) is 22.3. The van der Waals surface area contributed by atoms with Crippen molar-refractivity contribution in [2.75, 3.05) is 31.6 Å². The summed E-state index contributed by atoms with van der Waals surface area (Å²) < 4.78 is 28.5. The molecule has 8 nitrogen and oxygen atoms in total. The predicted octanol–water partition coefficient (Wildman–Crippen LogP) is 1.36. The van der Waals surface area contributed by atoms with Gasteiger partial charge in [-0.25, -0.2) is 13.2 Å². The molecular formula is C16H31IN4O4S. The Labute approximate surface area is 173 Å². The van der Waals surface area contributed by atoms with Crippen molar-refractivity contribution >= 4 is 45.9 Å². The van der Waals surface area contributed by atoms with E-state index >= 15 is 0 Å². The first-order chi connectivity index (χ1) is 11.6. The SMILES string of the molecule is CN=C(NCCN(C(=O)OC(C)(C)C)C1CC1)NC1CCS(=O)(=O)C1.I. The Morgan fingerprint density at radius 3 is 2.38 bits per heavy atom. The van der Waals surface area contributed by atoms with Gasteiger partial charge in [-0.15, -0.1) is 24.0 Å². The maximum absolute atomic E-state index is 12.3. The fourth-order valence-electron chi connectivity index (χ4n) is 2.72. The maximum atomic E-state index is 12.3. The molecule has 26 heavy (non-hydrogen) atoms. The highest BCUT2D eigenvalue weighted by molar-refractivity contribution is 14.0. The van der Waals surface area contributed by atoms with Crippen LogP contribution in [0.2, 0.25) is 0 Å². The fraction of sp³-hybridized carbons (Fsp3) is 0.875. The molecule has 1 saturated heterocycles. The highest BCUT2D eigenvalue weighted by atomic mass is 127. The number of nitrogens with zero attached hydrogens (tertiary/aromatic N) is 2. The summed E-state index contributed by atoms with van der Waals surface area (Å²) in [5, 5.41) is 6.28. The van der Waals surface area contributed by atoms with Gasteiger partial charge in [0.05, 0.1) is 11.5 Å². The van der Waals surface area contributed by atoms with E-state index in [9.17, 15) is 13.2 Å². The molecule has 0 radical (unpaired) electrons. The van der Waals surface area contributed by atoms with Crippen molar-refractivity contribution in [3.8, 4) is 0 Å². The molecule has 1 saturated carbocycles. The third-order valence-corrected chi connectivity index (χ3v) is 5.83. The van der Waals surface area contributed by atoms with E-state index in [1.807, 2.05) is 20.8 Å². The van der Waals surface area contributed by atoms with Crippen LogP contribution < -0.4 is 10.6 Å². The number of nitrogens with one attached hydrogen (secondary N) is 2. The number of amides is 1. The lowest BCUT2D eigenvalue weighted by molar-refractivity contribution is 0.0237. The molecule has 0 aromatic heterocycles. The summed E-state index contributed by atoms with van der Waals surface area (Å²) in [6.07, 6.45) is 2.31. The number of guanidine groups is 1. The highest BCUT2D eigenvalue weighted by Crippen LogP contribution is 2.28. The number of carbonyl (C=O) groups is 1. The lowest BCUT2D eigenvalue weighted by Gasteiger charge is -2.27. The van der Waals surface area contributed by atoms with E-state index in [1.54, 1.807) is 11.9 Å². The molecule has 2 N–H and O–H groups in total. The molecule has 0 aromatic rings. The number of hydrogen-bond acceptors (Lipinski definition) is 5. The number of halogens is 1. The van der Waals surface area contributed by atoms with Gasteiger partial charge >= 0.3 is 6.09 Å². The summed E-state index contributed by atoms with van der Waals surface area (Å²) in [5.74, 6) is 0.914. The Kier molecular flexibility index (Phi) is 8.43. The monoisotopic (exact) mass is 502 g/mol. The number of carbonyl (C=O) groups excluding carboxylic acids is 1. The van der Waals surface area contributed by atoms with Gasteiger partial charge in [0, 0.05) is 32.2 Å². The van der Waals surface area contributed by atoms with Crippen molar-refractivity contribution in [3.05, 3.63) is 0 Å². The largest absolute Gasteiger partial charge is 0.444 e. The van der Waals surface area contributed by atoms with Gasteiger partial charge in [-0.2, -0.15) is 0 Å². The molecule has 0 spiro atoms. The zero-order valence-corrected chi connectivity index (χ0v) is 19.1. The van der Waals surface area contributed by atoms with Gasteiger partial charge < -0.3 is 20.3 Å². The molecule has 2 aliphatic rings. The lowest BCUT2D eigenvalue weighted by atomic mass is 10.2. The molecule has 1 heterocycles. The molecule has 0 aromatic carbocycles. The average Bonchev–Trinajstić information content (AvgIpc) is 3.24. The van der Waals surface area contributed by atoms with Gasteiger partial charge in [0.1, 0.15) is 5.60 Å². The van der Waals surface area contributed by atoms with E-state index in [4.69, 9.17) is 4.74 Å². The van der Waals surface area contributed by atoms with Crippen molar-refractivity contribution in [1.82, 2.24) is 15.5 Å². The molecule has 1 aliphatic heterocycles. The van der Waals surface area contributed by atoms with Crippen LogP contribution in [0.3, 0.4) is 0 Å². The van der Waals surface area contributed by atoms with Gasteiger partial charge in [0.25, 0.3) is 0 Å². The zero-order valence-electron chi connectivity index (χ0n) is 15.9. The van der Waals surface area contributed by atoms with Gasteiger partial charge in [-0.1, -0.05) is 0 Å². The summed E-state index contributed by atoms with van der Waals surface area (Å²) >= 11 is 0. The summed E-state index contributed by atoms with van der Waals surface area (Å²) in [6.45, 7) is 6.61. The summed E-state index contributed by atoms with van der Waals surface area (Å²) in [5.41, 5.74) is -0.511. The number of hydrogen-bond donors (Lipinski definition) is 2. The van der Waals surface area contributed by atoms with Crippen molar-refractivity contribution in [2.24, 2.45) is 4.99 Å². The topological polar surface area (TPSA) is 100 Å². The molecule has 2 fully saturated rings. The van der Waals surface area contributed by atoms with E-state index in [-0.39, 0.29) is 53.7 Å². The second kappa shape index (κ2) is 9.43. The second-order valence-corrected chi connectivity index (χ2v) is 9.88. The Morgan fingerprint density at radius 1 is 1.27 bits per heavy atom. The van der Waals surface area contributed by atoms with E-state index < -0.39 is 15.4 Å². The molecular weight excluding hydrogens is 471 g/mol. The molecule has 0 bridgehead atoms. The van der Waals surface area contributed by atoms with Crippen LogP contribution in [0.1, 0.15) is 40.0 Å². The smallest absolute Gasteiger partial charge is 0.410 e. The summed E-state index contributed by atoms with van der Waals surface area (Å²) in [7, 11) is -1.29. The average molecular weight is 502 g/mol. The fourth-order valence-corrected chi connectivity index (χ4v) is 4.39. The van der Waals surface area contributed by atoms with Crippen LogP contribution in [-0.4, -0.2) is 74.7 Å². The minimum atomic E-state index is -2.93. The molecule has 2 rings (SSSR count). The summed E-state index contributed by atoms with van der Waals surface area (Å²) in [4.78, 5) is 18.2. The van der Waals surface area contributed by atoms with Crippen molar-refractivity contribution < 1.29 is 17.9 Å². The first-order valence-electron chi connectivity index (χ1n) is 8.77. The molecule has 10 heteroatoms. The first-order valence-corrected chi connectivity index (χ1v) is 10.6. The van der Waals surface area contributed by atoms with Gasteiger partial charge in [-0.05, 0) is 40.0 Å². The number of sulfone groups is 1. The van der Waals surface area contributed by atoms with Gasteiger partial charge in [0.15, 0.2) is 15.8 Å². The number of rotatable bonds is 5. The minimum absolute atomic E-state index is 0. The van der Waals surface area contributed by atoms with Crippen LogP contribution in [0.4, 0.5) is 4.79 Å². The van der Waals surface area contributed by atoms with Crippen LogP contribution in [0.25, 0.3) is 0 Å². The van der Waals surface area contributed by atoms with E-state index in [2.05, 4.69) is 15.6 Å². The molecule has 1 unspecified atom stereocenters. The maximum Gasteiger partial charge on any atom is 0.410 e. The Hall–Kier alpha value is -0.780. The van der Waals surface area contributed by atoms with Gasteiger partial charge in [-0.3, -0.25) is 4.99 Å². The van der Waals surface area contributed by atoms with Crippen molar-refractivity contribution in [1.29, 1.82) is 0 Å². The van der Waals surface area contributed by atoms with Crippen LogP contribution in [0.5, 0.6) is 0 Å². The minimum Gasteiger partial charge on any atom is -0.444 e. The molecule has 1 amide bonds. The standard InChI is InChI=1S/C16H30N4O4S.HI/c1-16(2,3)24-15(21)20(13-5-6-13)9-8-18-14(17-4)19-12-7-10-25(22,23)11-12;/h12-13H,5-11H2,1-4H3,(H2,17,18,19);1H.